The number of Topliss-reactive ketones (excluding diaryl/α,β-unsaturated/α-hetero) is 2. The van der Waals surface area contributed by atoms with Crippen LogP contribution < -0.4 is 0 Å². The quantitative estimate of drug-likeness (QED) is 0.230. The molecule has 1 rings (SSSR count). The predicted octanol–water partition coefficient (Wildman–Crippen LogP) is 4.49. The number of carbonyl (C=O) groups is 3. The standard InChI is InChI=1S/C26H38O6/c1-18(2)15-23(29)32-14-10-22-21(16-19(3)28)24(30)20(17-27)9-13-26(22,6)12-8-11-25(4,5)31-7/h8-11,14-15,21-22,27H,12-13,16-17H2,1-7H3/b11-8+,14-10+/t21-,22+,26+/m0/s1. The number of aliphatic hydroxyl groups is 1. The molecule has 0 radical (unpaired) electrons. The molecule has 0 heterocycles. The summed E-state index contributed by atoms with van der Waals surface area (Å²) in [7, 11) is 1.64. The second-order valence-electron chi connectivity index (χ2n) is 9.55. The summed E-state index contributed by atoms with van der Waals surface area (Å²) in [5.74, 6) is -1.88. The van der Waals surface area contributed by atoms with Crippen molar-refractivity contribution in [2.45, 2.75) is 66.4 Å². The minimum atomic E-state index is -0.652. The minimum absolute atomic E-state index is 0.0516. The van der Waals surface area contributed by atoms with Gasteiger partial charge in [0.15, 0.2) is 5.78 Å². The first-order chi connectivity index (χ1) is 14.8. The summed E-state index contributed by atoms with van der Waals surface area (Å²) in [6, 6.07) is 0. The van der Waals surface area contributed by atoms with E-state index in [1.807, 2.05) is 32.9 Å². The zero-order valence-electron chi connectivity index (χ0n) is 20.4. The Morgan fingerprint density at radius 2 is 1.94 bits per heavy atom. The number of allylic oxidation sites excluding steroid dienone is 4. The number of hydrogen-bond acceptors (Lipinski definition) is 6. The van der Waals surface area contributed by atoms with Gasteiger partial charge >= 0.3 is 5.97 Å². The molecule has 0 spiro atoms. The highest BCUT2D eigenvalue weighted by Gasteiger charge is 2.43. The fourth-order valence-electron chi connectivity index (χ4n) is 3.88. The number of carbonyl (C=O) groups excluding carboxylic acids is 3. The number of rotatable bonds is 10. The lowest BCUT2D eigenvalue weighted by Crippen LogP contribution is -2.35. The van der Waals surface area contributed by atoms with Crippen LogP contribution in [0.4, 0.5) is 0 Å². The van der Waals surface area contributed by atoms with E-state index in [0.29, 0.717) is 18.4 Å². The van der Waals surface area contributed by atoms with Crippen LogP contribution in [0, 0.1) is 17.3 Å². The summed E-state index contributed by atoms with van der Waals surface area (Å²) in [5.41, 5.74) is 0.246. The third kappa shape index (κ3) is 8.32. The van der Waals surface area contributed by atoms with Crippen LogP contribution in [0.3, 0.4) is 0 Å². The third-order valence-electron chi connectivity index (χ3n) is 5.89. The Morgan fingerprint density at radius 3 is 2.47 bits per heavy atom. The highest BCUT2D eigenvalue weighted by Crippen LogP contribution is 2.46. The highest BCUT2D eigenvalue weighted by molar-refractivity contribution is 6.00. The summed E-state index contributed by atoms with van der Waals surface area (Å²) in [6.45, 7) is 10.6. The molecule has 1 aliphatic rings. The average Bonchev–Trinajstić information content (AvgIpc) is 2.77. The smallest absolute Gasteiger partial charge is 0.335 e. The van der Waals surface area contributed by atoms with Crippen molar-refractivity contribution in [2.24, 2.45) is 17.3 Å². The number of hydrogen-bond donors (Lipinski definition) is 1. The molecule has 6 heteroatoms. The molecule has 0 aromatic rings. The molecule has 6 nitrogen and oxygen atoms in total. The minimum Gasteiger partial charge on any atom is -0.432 e. The van der Waals surface area contributed by atoms with Gasteiger partial charge in [-0.3, -0.25) is 4.79 Å². The molecule has 0 bridgehead atoms. The maximum atomic E-state index is 13.2. The number of methoxy groups -OCH3 is 1. The van der Waals surface area contributed by atoms with Gasteiger partial charge in [-0.05, 0) is 64.9 Å². The first-order valence-electron chi connectivity index (χ1n) is 10.9. The lowest BCUT2D eigenvalue weighted by atomic mass is 9.66. The van der Waals surface area contributed by atoms with E-state index in [1.165, 1.54) is 19.3 Å². The molecule has 1 aliphatic carbocycles. The highest BCUT2D eigenvalue weighted by atomic mass is 16.5. The summed E-state index contributed by atoms with van der Waals surface area (Å²) < 4.78 is 10.7. The van der Waals surface area contributed by atoms with Crippen LogP contribution in [0.25, 0.3) is 0 Å². The van der Waals surface area contributed by atoms with Crippen molar-refractivity contribution in [3.05, 3.63) is 47.8 Å². The van der Waals surface area contributed by atoms with Gasteiger partial charge in [0.1, 0.15) is 5.78 Å². The van der Waals surface area contributed by atoms with Crippen LogP contribution in [0.15, 0.2) is 47.8 Å². The van der Waals surface area contributed by atoms with Crippen LogP contribution in [0.1, 0.15) is 60.8 Å². The van der Waals surface area contributed by atoms with Crippen molar-refractivity contribution < 1.29 is 29.0 Å². The lowest BCUT2D eigenvalue weighted by Gasteiger charge is -2.37. The van der Waals surface area contributed by atoms with Gasteiger partial charge in [-0.2, -0.15) is 0 Å². The first-order valence-corrected chi connectivity index (χ1v) is 10.9. The predicted molar refractivity (Wildman–Crippen MR) is 125 cm³/mol. The molecule has 0 unspecified atom stereocenters. The van der Waals surface area contributed by atoms with Crippen LogP contribution >= 0.6 is 0 Å². The van der Waals surface area contributed by atoms with Gasteiger partial charge < -0.3 is 19.4 Å². The normalized spacial score (nSPS) is 24.4. The van der Waals surface area contributed by atoms with E-state index in [-0.39, 0.29) is 30.5 Å². The number of aliphatic hydroxyl groups excluding tert-OH is 1. The Labute approximate surface area is 192 Å². The largest absolute Gasteiger partial charge is 0.432 e. The van der Waals surface area contributed by atoms with E-state index < -0.39 is 22.9 Å². The summed E-state index contributed by atoms with van der Waals surface area (Å²) in [4.78, 5) is 37.1. The molecule has 3 atom stereocenters. The third-order valence-corrected chi connectivity index (χ3v) is 5.89. The molecular weight excluding hydrogens is 408 g/mol. The van der Waals surface area contributed by atoms with E-state index >= 15 is 0 Å². The Bertz CT molecular complexity index is 810. The average molecular weight is 447 g/mol. The first kappa shape index (κ1) is 27.7. The Hall–Kier alpha value is -2.31. The van der Waals surface area contributed by atoms with Gasteiger partial charge in [-0.25, -0.2) is 4.79 Å². The molecule has 0 aromatic heterocycles. The molecule has 0 fully saturated rings. The van der Waals surface area contributed by atoms with E-state index in [1.54, 1.807) is 33.1 Å². The lowest BCUT2D eigenvalue weighted by molar-refractivity contribution is -0.132. The zero-order valence-corrected chi connectivity index (χ0v) is 20.4. The van der Waals surface area contributed by atoms with E-state index in [4.69, 9.17) is 9.47 Å². The fourth-order valence-corrected chi connectivity index (χ4v) is 3.88. The number of esters is 1. The van der Waals surface area contributed by atoms with Gasteiger partial charge in [-0.1, -0.05) is 30.7 Å². The van der Waals surface area contributed by atoms with Crippen molar-refractivity contribution in [3.63, 3.8) is 0 Å². The van der Waals surface area contributed by atoms with Crippen LogP contribution in [-0.2, 0) is 23.9 Å². The Balaban J connectivity index is 3.39. The SMILES string of the molecule is COC(C)(C)/C=C/C[C@]1(C)CC=C(CO)C(=O)[C@@H](CC(C)=O)[C@H]1/C=C/OC(=O)C=C(C)C. The maximum Gasteiger partial charge on any atom is 0.335 e. The summed E-state index contributed by atoms with van der Waals surface area (Å²) >= 11 is 0. The van der Waals surface area contributed by atoms with Gasteiger partial charge in [0.25, 0.3) is 0 Å². The van der Waals surface area contributed by atoms with Gasteiger partial charge in [0, 0.05) is 31.1 Å². The Kier molecular flexibility index (Phi) is 10.5. The Morgan fingerprint density at radius 1 is 1.28 bits per heavy atom. The zero-order chi connectivity index (χ0) is 24.5. The van der Waals surface area contributed by atoms with Crippen molar-refractivity contribution >= 4 is 17.5 Å². The van der Waals surface area contributed by atoms with Crippen molar-refractivity contribution in [1.29, 1.82) is 0 Å². The fraction of sp³-hybridized carbons (Fsp3) is 0.577. The summed E-state index contributed by atoms with van der Waals surface area (Å²) in [6.07, 6.45) is 11.4. The molecule has 0 aliphatic heterocycles. The molecule has 32 heavy (non-hydrogen) atoms. The van der Waals surface area contributed by atoms with E-state index in [2.05, 4.69) is 0 Å². The maximum absolute atomic E-state index is 13.2. The van der Waals surface area contributed by atoms with Crippen molar-refractivity contribution in [1.82, 2.24) is 0 Å². The number of ketones is 2. The second-order valence-corrected chi connectivity index (χ2v) is 9.55. The molecule has 0 amide bonds. The molecule has 178 valence electrons. The monoisotopic (exact) mass is 446 g/mol. The molecule has 1 N–H and O–H groups in total. The van der Waals surface area contributed by atoms with Crippen LogP contribution in [0.5, 0.6) is 0 Å². The molecular formula is C26H38O6. The molecule has 0 aromatic carbocycles. The van der Waals surface area contributed by atoms with Gasteiger partial charge in [-0.15, -0.1) is 0 Å². The second kappa shape index (κ2) is 12.1. The topological polar surface area (TPSA) is 89.9 Å². The molecule has 0 saturated heterocycles. The molecule has 0 saturated carbocycles. The van der Waals surface area contributed by atoms with Gasteiger partial charge in [0.05, 0.1) is 18.5 Å². The van der Waals surface area contributed by atoms with E-state index in [0.717, 1.165) is 5.57 Å². The number of ether oxygens (including phenoxy) is 2. The van der Waals surface area contributed by atoms with Crippen LogP contribution in [0.2, 0.25) is 0 Å². The van der Waals surface area contributed by atoms with Crippen molar-refractivity contribution in [3.8, 4) is 0 Å². The van der Waals surface area contributed by atoms with Crippen LogP contribution in [-0.4, -0.2) is 42.0 Å². The van der Waals surface area contributed by atoms with Gasteiger partial charge in [0.2, 0.25) is 0 Å². The van der Waals surface area contributed by atoms with Crippen molar-refractivity contribution in [2.75, 3.05) is 13.7 Å². The summed E-state index contributed by atoms with van der Waals surface area (Å²) in [5, 5.41) is 9.74. The van der Waals surface area contributed by atoms with E-state index in [9.17, 15) is 19.5 Å².